The van der Waals surface area contributed by atoms with Gasteiger partial charge in [-0.1, -0.05) is 13.0 Å². The Hall–Kier alpha value is -1.60. The fourth-order valence-electron chi connectivity index (χ4n) is 1.59. The Bertz CT molecular complexity index is 462. The molecule has 0 spiro atoms. The number of nitrogens with one attached hydrogen (secondary N) is 1. The zero-order valence-electron chi connectivity index (χ0n) is 10.9. The Labute approximate surface area is 114 Å². The van der Waals surface area contributed by atoms with Crippen LogP contribution in [0.15, 0.2) is 24.3 Å². The minimum atomic E-state index is -4.54. The van der Waals surface area contributed by atoms with Crippen LogP contribution in [-0.2, 0) is 6.18 Å². The maximum Gasteiger partial charge on any atom is 0.416 e. The van der Waals surface area contributed by atoms with Gasteiger partial charge in [0.15, 0.2) is 0 Å². The second-order valence-electron chi connectivity index (χ2n) is 4.48. The molecule has 20 heavy (non-hydrogen) atoms. The van der Waals surface area contributed by atoms with Crippen LogP contribution in [0, 0.1) is 0 Å². The topological polar surface area (TPSA) is 69.6 Å². The van der Waals surface area contributed by atoms with Crippen LogP contribution in [0.3, 0.4) is 0 Å². The van der Waals surface area contributed by atoms with Crippen molar-refractivity contribution in [3.8, 4) is 0 Å². The number of halogens is 3. The minimum absolute atomic E-state index is 0.181. The van der Waals surface area contributed by atoms with E-state index in [4.69, 9.17) is 0 Å². The molecule has 0 aliphatic carbocycles. The molecule has 1 amide bonds. The smallest absolute Gasteiger partial charge is 0.394 e. The molecule has 0 atom stereocenters. The molecule has 0 heterocycles. The van der Waals surface area contributed by atoms with Gasteiger partial charge in [0.1, 0.15) is 0 Å². The SMILES string of the molecule is CCC(CO)(CO)NC(=O)c1cccc(C(F)(F)F)c1. The summed E-state index contributed by atoms with van der Waals surface area (Å²) in [6.07, 6.45) is -4.29. The molecule has 0 saturated heterocycles. The number of aliphatic hydroxyl groups excluding tert-OH is 2. The van der Waals surface area contributed by atoms with Gasteiger partial charge in [0, 0.05) is 5.56 Å². The van der Waals surface area contributed by atoms with Crippen LogP contribution >= 0.6 is 0 Å². The van der Waals surface area contributed by atoms with Crippen molar-refractivity contribution in [1.82, 2.24) is 5.32 Å². The van der Waals surface area contributed by atoms with E-state index in [2.05, 4.69) is 5.32 Å². The molecule has 4 nitrogen and oxygen atoms in total. The van der Waals surface area contributed by atoms with Crippen LogP contribution in [0.2, 0.25) is 0 Å². The molecule has 0 radical (unpaired) electrons. The summed E-state index contributed by atoms with van der Waals surface area (Å²) >= 11 is 0. The lowest BCUT2D eigenvalue weighted by Gasteiger charge is -2.29. The highest BCUT2D eigenvalue weighted by molar-refractivity contribution is 5.94. The molecule has 0 bridgehead atoms. The summed E-state index contributed by atoms with van der Waals surface area (Å²) in [5, 5.41) is 20.8. The first-order valence-corrected chi connectivity index (χ1v) is 5.99. The van der Waals surface area contributed by atoms with Gasteiger partial charge in [0.2, 0.25) is 0 Å². The highest BCUT2D eigenvalue weighted by Gasteiger charge is 2.32. The van der Waals surface area contributed by atoms with Crippen molar-refractivity contribution >= 4 is 5.91 Å². The second-order valence-corrected chi connectivity index (χ2v) is 4.48. The van der Waals surface area contributed by atoms with E-state index in [9.17, 15) is 28.2 Å². The number of amides is 1. The van der Waals surface area contributed by atoms with E-state index in [0.29, 0.717) is 0 Å². The number of rotatable bonds is 5. The Morgan fingerprint density at radius 3 is 2.30 bits per heavy atom. The summed E-state index contributed by atoms with van der Waals surface area (Å²) in [6.45, 7) is 0.619. The molecule has 1 aromatic rings. The predicted octanol–water partition coefficient (Wildman–Crippen LogP) is 1.57. The fraction of sp³-hybridized carbons (Fsp3) is 0.462. The maximum atomic E-state index is 12.6. The highest BCUT2D eigenvalue weighted by Crippen LogP contribution is 2.29. The summed E-state index contributed by atoms with van der Waals surface area (Å²) in [5.74, 6) is -0.777. The molecule has 1 rings (SSSR count). The van der Waals surface area contributed by atoms with E-state index in [0.717, 1.165) is 18.2 Å². The van der Waals surface area contributed by atoms with Crippen LogP contribution in [0.1, 0.15) is 29.3 Å². The third-order valence-electron chi connectivity index (χ3n) is 3.11. The lowest BCUT2D eigenvalue weighted by atomic mass is 9.97. The molecule has 0 unspecified atom stereocenters. The first-order valence-electron chi connectivity index (χ1n) is 5.99. The fourth-order valence-corrected chi connectivity index (χ4v) is 1.59. The average molecular weight is 291 g/mol. The molecule has 7 heteroatoms. The van der Waals surface area contributed by atoms with E-state index in [1.54, 1.807) is 6.92 Å². The first kappa shape index (κ1) is 16.5. The van der Waals surface area contributed by atoms with Crippen LogP contribution in [0.4, 0.5) is 13.2 Å². The third kappa shape index (κ3) is 3.71. The molecule has 0 saturated carbocycles. The van der Waals surface area contributed by atoms with Gasteiger partial charge in [-0.25, -0.2) is 0 Å². The monoisotopic (exact) mass is 291 g/mol. The van der Waals surface area contributed by atoms with Gasteiger partial charge in [-0.05, 0) is 24.6 Å². The number of hydrogen-bond donors (Lipinski definition) is 3. The molecule has 112 valence electrons. The van der Waals surface area contributed by atoms with Crippen molar-refractivity contribution in [2.24, 2.45) is 0 Å². The van der Waals surface area contributed by atoms with Gasteiger partial charge >= 0.3 is 6.18 Å². The van der Waals surface area contributed by atoms with Crippen molar-refractivity contribution in [3.05, 3.63) is 35.4 Å². The van der Waals surface area contributed by atoms with E-state index < -0.39 is 36.4 Å². The zero-order chi connectivity index (χ0) is 15.4. The lowest BCUT2D eigenvalue weighted by Crippen LogP contribution is -2.53. The Morgan fingerprint density at radius 1 is 1.25 bits per heavy atom. The van der Waals surface area contributed by atoms with Gasteiger partial charge in [-0.2, -0.15) is 13.2 Å². The number of carbonyl (C=O) groups is 1. The number of alkyl halides is 3. The Kier molecular flexibility index (Phi) is 5.13. The van der Waals surface area contributed by atoms with Gasteiger partial charge in [-0.3, -0.25) is 4.79 Å². The first-order chi connectivity index (χ1) is 9.28. The van der Waals surface area contributed by atoms with E-state index in [-0.39, 0.29) is 12.0 Å². The van der Waals surface area contributed by atoms with Crippen molar-refractivity contribution in [3.63, 3.8) is 0 Å². The molecular weight excluding hydrogens is 275 g/mol. The summed E-state index contributed by atoms with van der Waals surface area (Å²) in [4.78, 5) is 11.9. The standard InChI is InChI=1S/C13H16F3NO3/c1-2-12(7-18,8-19)17-11(20)9-4-3-5-10(6-9)13(14,15)16/h3-6,18-19H,2,7-8H2,1H3,(H,17,20). The van der Waals surface area contributed by atoms with Crippen LogP contribution in [0.25, 0.3) is 0 Å². The van der Waals surface area contributed by atoms with Crippen LogP contribution < -0.4 is 5.32 Å². The summed E-state index contributed by atoms with van der Waals surface area (Å²) in [5.41, 5.74) is -2.36. The summed E-state index contributed by atoms with van der Waals surface area (Å²) < 4.78 is 37.7. The lowest BCUT2D eigenvalue weighted by molar-refractivity contribution is -0.137. The van der Waals surface area contributed by atoms with Crippen molar-refractivity contribution < 1.29 is 28.2 Å². The van der Waals surface area contributed by atoms with Gasteiger partial charge in [0.25, 0.3) is 5.91 Å². The molecule has 1 aromatic carbocycles. The average Bonchev–Trinajstić information content (AvgIpc) is 2.44. The van der Waals surface area contributed by atoms with Crippen LogP contribution in [0.5, 0.6) is 0 Å². The molecule has 0 aliphatic rings. The largest absolute Gasteiger partial charge is 0.416 e. The number of hydrogen-bond acceptors (Lipinski definition) is 3. The summed E-state index contributed by atoms with van der Waals surface area (Å²) in [6, 6.07) is 3.95. The minimum Gasteiger partial charge on any atom is -0.394 e. The van der Waals surface area contributed by atoms with Gasteiger partial charge < -0.3 is 15.5 Å². The summed E-state index contributed by atoms with van der Waals surface area (Å²) in [7, 11) is 0. The van der Waals surface area contributed by atoms with Gasteiger partial charge in [0.05, 0.1) is 24.3 Å². The molecule has 0 fully saturated rings. The normalized spacial score (nSPS) is 12.3. The highest BCUT2D eigenvalue weighted by atomic mass is 19.4. The number of aliphatic hydroxyl groups is 2. The predicted molar refractivity (Wildman–Crippen MR) is 66.1 cm³/mol. The maximum absolute atomic E-state index is 12.6. The van der Waals surface area contributed by atoms with Crippen molar-refractivity contribution in [2.45, 2.75) is 25.1 Å². The number of benzene rings is 1. The van der Waals surface area contributed by atoms with E-state index >= 15 is 0 Å². The quantitative estimate of drug-likeness (QED) is 0.771. The third-order valence-corrected chi connectivity index (χ3v) is 3.11. The molecule has 0 aliphatic heterocycles. The van der Waals surface area contributed by atoms with E-state index in [1.165, 1.54) is 6.07 Å². The molecular formula is C13H16F3NO3. The van der Waals surface area contributed by atoms with Crippen molar-refractivity contribution in [2.75, 3.05) is 13.2 Å². The Balaban J connectivity index is 2.99. The van der Waals surface area contributed by atoms with Gasteiger partial charge in [-0.15, -0.1) is 0 Å². The Morgan fingerprint density at radius 2 is 1.85 bits per heavy atom. The van der Waals surface area contributed by atoms with Crippen molar-refractivity contribution in [1.29, 1.82) is 0 Å². The molecule has 3 N–H and O–H groups in total. The van der Waals surface area contributed by atoms with E-state index in [1.807, 2.05) is 0 Å². The zero-order valence-corrected chi connectivity index (χ0v) is 10.9. The second kappa shape index (κ2) is 6.23. The van der Waals surface area contributed by atoms with Crippen LogP contribution in [-0.4, -0.2) is 34.9 Å². The molecule has 0 aromatic heterocycles. The number of carbonyl (C=O) groups excluding carboxylic acids is 1.